The van der Waals surface area contributed by atoms with Crippen LogP contribution in [0.2, 0.25) is 0 Å². The van der Waals surface area contributed by atoms with Crippen molar-refractivity contribution in [3.63, 3.8) is 0 Å². The first-order chi connectivity index (χ1) is 24.2. The third-order valence-electron chi connectivity index (χ3n) is 8.93. The predicted octanol–water partition coefficient (Wildman–Crippen LogP) is 12.2. The van der Waals surface area contributed by atoms with Gasteiger partial charge in [0, 0.05) is 36.9 Å². The first kappa shape index (κ1) is 29.0. The standard InChI is InChI=1S/C45H29N3S/c1-4-12-30(13-5-1)32-20-22-34(23-21-32)44-46-43(33-16-8-3-9-17-33)47-45(48-44)38-27-36(31-14-6-2-7-15-31)26-37(28-38)35-24-25-40-39-18-10-11-19-41(39)49-42(40)29-35/h1-29H. The van der Waals surface area contributed by atoms with E-state index < -0.39 is 0 Å². The number of fused-ring (bicyclic) bond motifs is 3. The van der Waals surface area contributed by atoms with Gasteiger partial charge in [0.15, 0.2) is 17.5 Å². The number of hydrogen-bond donors (Lipinski definition) is 0. The quantitative estimate of drug-likeness (QED) is 0.181. The van der Waals surface area contributed by atoms with Gasteiger partial charge in [-0.1, -0.05) is 146 Å². The molecule has 0 N–H and O–H groups in total. The molecule has 2 heterocycles. The summed E-state index contributed by atoms with van der Waals surface area (Å²) in [5, 5.41) is 2.59. The van der Waals surface area contributed by atoms with Gasteiger partial charge >= 0.3 is 0 Å². The molecular weight excluding hydrogens is 615 g/mol. The number of nitrogens with zero attached hydrogens (tertiary/aromatic N) is 3. The number of hydrogen-bond acceptors (Lipinski definition) is 4. The van der Waals surface area contributed by atoms with Crippen molar-refractivity contribution in [1.29, 1.82) is 0 Å². The van der Waals surface area contributed by atoms with Crippen LogP contribution in [0.1, 0.15) is 0 Å². The Balaban J connectivity index is 1.21. The van der Waals surface area contributed by atoms with Gasteiger partial charge in [0.05, 0.1) is 0 Å². The zero-order valence-electron chi connectivity index (χ0n) is 26.5. The Hall–Kier alpha value is -6.23. The van der Waals surface area contributed by atoms with E-state index in [1.807, 2.05) is 47.7 Å². The molecule has 0 aliphatic heterocycles. The van der Waals surface area contributed by atoms with Gasteiger partial charge in [-0.25, -0.2) is 15.0 Å². The molecule has 0 spiro atoms. The third-order valence-corrected chi connectivity index (χ3v) is 10.1. The van der Waals surface area contributed by atoms with E-state index in [2.05, 4.69) is 140 Å². The number of thiophene rings is 1. The summed E-state index contributed by atoms with van der Waals surface area (Å²) in [5.41, 5.74) is 9.68. The van der Waals surface area contributed by atoms with Gasteiger partial charge in [-0.15, -0.1) is 11.3 Å². The van der Waals surface area contributed by atoms with Crippen LogP contribution in [0.5, 0.6) is 0 Å². The second-order valence-corrected chi connectivity index (χ2v) is 13.2. The van der Waals surface area contributed by atoms with Crippen molar-refractivity contribution in [2.24, 2.45) is 0 Å². The lowest BCUT2D eigenvalue weighted by atomic mass is 9.95. The minimum atomic E-state index is 0.637. The minimum Gasteiger partial charge on any atom is -0.208 e. The molecule has 9 rings (SSSR count). The van der Waals surface area contributed by atoms with Crippen LogP contribution in [0.25, 0.3) is 87.7 Å². The molecule has 3 nitrogen and oxygen atoms in total. The van der Waals surface area contributed by atoms with Crippen LogP contribution in [0.4, 0.5) is 0 Å². The van der Waals surface area contributed by atoms with Crippen molar-refractivity contribution in [1.82, 2.24) is 15.0 Å². The topological polar surface area (TPSA) is 38.7 Å². The molecule has 0 atom stereocenters. The van der Waals surface area contributed by atoms with Crippen molar-refractivity contribution >= 4 is 31.5 Å². The molecule has 7 aromatic carbocycles. The Labute approximate surface area is 288 Å². The maximum absolute atomic E-state index is 5.13. The third kappa shape index (κ3) is 5.69. The first-order valence-electron chi connectivity index (χ1n) is 16.4. The minimum absolute atomic E-state index is 0.637. The van der Waals surface area contributed by atoms with Crippen LogP contribution < -0.4 is 0 Å². The molecule has 0 aliphatic carbocycles. The Kier molecular flexibility index (Phi) is 7.34. The highest BCUT2D eigenvalue weighted by atomic mass is 32.1. The smallest absolute Gasteiger partial charge is 0.164 e. The lowest BCUT2D eigenvalue weighted by Gasteiger charge is -2.13. The van der Waals surface area contributed by atoms with Gasteiger partial charge in [0.1, 0.15) is 0 Å². The number of benzene rings is 7. The maximum atomic E-state index is 5.13. The van der Waals surface area contributed by atoms with Gasteiger partial charge < -0.3 is 0 Å². The normalized spacial score (nSPS) is 11.3. The Morgan fingerprint density at radius 3 is 1.33 bits per heavy atom. The van der Waals surface area contributed by atoms with Crippen molar-refractivity contribution in [2.45, 2.75) is 0 Å². The van der Waals surface area contributed by atoms with Crippen LogP contribution in [0.3, 0.4) is 0 Å². The molecule has 0 unspecified atom stereocenters. The summed E-state index contributed by atoms with van der Waals surface area (Å²) in [6.07, 6.45) is 0. The molecular formula is C45H29N3S. The summed E-state index contributed by atoms with van der Waals surface area (Å²) in [6, 6.07) is 61.7. The predicted molar refractivity (Wildman–Crippen MR) is 205 cm³/mol. The molecule has 4 heteroatoms. The van der Waals surface area contributed by atoms with E-state index in [4.69, 9.17) is 15.0 Å². The Bertz CT molecular complexity index is 2580. The molecule has 0 bridgehead atoms. The lowest BCUT2D eigenvalue weighted by molar-refractivity contribution is 1.07. The Morgan fingerprint density at radius 1 is 0.265 bits per heavy atom. The van der Waals surface area contributed by atoms with Crippen LogP contribution in [-0.2, 0) is 0 Å². The molecule has 49 heavy (non-hydrogen) atoms. The lowest BCUT2D eigenvalue weighted by Crippen LogP contribution is -2.00. The van der Waals surface area contributed by atoms with Crippen LogP contribution >= 0.6 is 11.3 Å². The summed E-state index contributed by atoms with van der Waals surface area (Å²) in [5.74, 6) is 1.92. The maximum Gasteiger partial charge on any atom is 0.164 e. The van der Waals surface area contributed by atoms with Crippen LogP contribution in [0, 0.1) is 0 Å². The molecule has 9 aromatic rings. The van der Waals surface area contributed by atoms with Crippen molar-refractivity contribution in [3.05, 3.63) is 176 Å². The van der Waals surface area contributed by atoms with E-state index in [9.17, 15) is 0 Å². The monoisotopic (exact) mass is 643 g/mol. The van der Waals surface area contributed by atoms with Gasteiger partial charge in [0.25, 0.3) is 0 Å². The largest absolute Gasteiger partial charge is 0.208 e. The number of aromatic nitrogens is 3. The average Bonchev–Trinajstić information content (AvgIpc) is 3.57. The van der Waals surface area contributed by atoms with Crippen molar-refractivity contribution in [2.75, 3.05) is 0 Å². The van der Waals surface area contributed by atoms with E-state index in [1.54, 1.807) is 0 Å². The summed E-state index contributed by atoms with van der Waals surface area (Å²) < 4.78 is 2.58. The SMILES string of the molecule is c1ccc(-c2ccc(-c3nc(-c4ccccc4)nc(-c4cc(-c5ccccc5)cc(-c5ccc6c(c5)sc5ccccc56)c4)n3)cc2)cc1. The van der Waals surface area contributed by atoms with Gasteiger partial charge in [-0.05, 0) is 63.7 Å². The van der Waals surface area contributed by atoms with E-state index in [1.165, 1.54) is 25.7 Å². The highest BCUT2D eigenvalue weighted by Crippen LogP contribution is 2.38. The molecule has 230 valence electrons. The average molecular weight is 644 g/mol. The summed E-state index contributed by atoms with van der Waals surface area (Å²) in [6.45, 7) is 0. The molecule has 0 radical (unpaired) electrons. The zero-order valence-corrected chi connectivity index (χ0v) is 27.3. The van der Waals surface area contributed by atoms with Gasteiger partial charge in [-0.3, -0.25) is 0 Å². The van der Waals surface area contributed by atoms with Gasteiger partial charge in [0.2, 0.25) is 0 Å². The van der Waals surface area contributed by atoms with Crippen molar-refractivity contribution in [3.8, 4) is 67.5 Å². The summed E-state index contributed by atoms with van der Waals surface area (Å²) in [4.78, 5) is 15.2. The fourth-order valence-electron chi connectivity index (χ4n) is 6.42. The second kappa shape index (κ2) is 12.4. The zero-order chi connectivity index (χ0) is 32.6. The van der Waals surface area contributed by atoms with Gasteiger partial charge in [-0.2, -0.15) is 0 Å². The summed E-state index contributed by atoms with van der Waals surface area (Å²) in [7, 11) is 0. The Morgan fingerprint density at radius 2 is 0.673 bits per heavy atom. The molecule has 0 saturated heterocycles. The highest BCUT2D eigenvalue weighted by Gasteiger charge is 2.16. The summed E-state index contributed by atoms with van der Waals surface area (Å²) >= 11 is 1.84. The van der Waals surface area contributed by atoms with Crippen molar-refractivity contribution < 1.29 is 0 Å². The second-order valence-electron chi connectivity index (χ2n) is 12.1. The molecule has 0 amide bonds. The van der Waals surface area contributed by atoms with Crippen LogP contribution in [-0.4, -0.2) is 15.0 Å². The highest BCUT2D eigenvalue weighted by molar-refractivity contribution is 7.25. The van der Waals surface area contributed by atoms with E-state index in [0.717, 1.165) is 44.5 Å². The number of rotatable bonds is 6. The first-order valence-corrected chi connectivity index (χ1v) is 17.2. The molecule has 0 saturated carbocycles. The van der Waals surface area contributed by atoms with E-state index in [-0.39, 0.29) is 0 Å². The molecule has 2 aromatic heterocycles. The van der Waals surface area contributed by atoms with E-state index in [0.29, 0.717) is 17.5 Å². The van der Waals surface area contributed by atoms with Crippen LogP contribution in [0.15, 0.2) is 176 Å². The molecule has 0 fully saturated rings. The van der Waals surface area contributed by atoms with E-state index >= 15 is 0 Å². The fraction of sp³-hybridized carbons (Fsp3) is 0. The fourth-order valence-corrected chi connectivity index (χ4v) is 7.56. The molecule has 0 aliphatic rings.